The number of hydrogen-bond acceptors (Lipinski definition) is 4. The largest absolute Gasteiger partial charge is 0.322 e. The van der Waals surface area contributed by atoms with Gasteiger partial charge in [-0.15, -0.1) is 5.10 Å². The number of aromatic nitrogens is 4. The molecule has 2 N–H and O–H groups in total. The van der Waals surface area contributed by atoms with E-state index in [1.54, 1.807) is 4.68 Å². The van der Waals surface area contributed by atoms with Crippen LogP contribution in [0.2, 0.25) is 5.02 Å². The van der Waals surface area contributed by atoms with Gasteiger partial charge in [0.15, 0.2) is 5.82 Å². The number of nitrogens with zero attached hydrogens (tertiary/aromatic N) is 4. The van der Waals surface area contributed by atoms with E-state index in [-0.39, 0.29) is 12.1 Å². The van der Waals surface area contributed by atoms with Crippen LogP contribution in [-0.4, -0.2) is 20.2 Å². The van der Waals surface area contributed by atoms with E-state index in [9.17, 15) is 0 Å². The normalized spacial score (nSPS) is 14.6. The minimum atomic E-state index is -0.195. The summed E-state index contributed by atoms with van der Waals surface area (Å²) in [6.07, 6.45) is 0. The second-order valence-electron chi connectivity index (χ2n) is 4.00. The van der Waals surface area contributed by atoms with Gasteiger partial charge in [0, 0.05) is 5.02 Å². The van der Waals surface area contributed by atoms with Crippen molar-refractivity contribution in [3.8, 4) is 0 Å². The van der Waals surface area contributed by atoms with Crippen molar-refractivity contribution in [3.63, 3.8) is 0 Å². The molecule has 0 aliphatic heterocycles. The number of halogens is 1. The van der Waals surface area contributed by atoms with E-state index in [0.717, 1.165) is 5.56 Å². The van der Waals surface area contributed by atoms with Crippen LogP contribution in [0.1, 0.15) is 37.3 Å². The average Bonchev–Trinajstić information content (AvgIpc) is 2.78. The van der Waals surface area contributed by atoms with Gasteiger partial charge >= 0.3 is 0 Å². The molecule has 0 bridgehead atoms. The number of hydrogen-bond donors (Lipinski definition) is 1. The maximum atomic E-state index is 5.86. The molecule has 2 atom stereocenters. The van der Waals surface area contributed by atoms with Crippen LogP contribution in [0, 0.1) is 0 Å². The average molecular weight is 252 g/mol. The summed E-state index contributed by atoms with van der Waals surface area (Å²) in [5.74, 6) is 0.674. The Morgan fingerprint density at radius 2 is 1.88 bits per heavy atom. The molecule has 0 aliphatic carbocycles. The Morgan fingerprint density at radius 3 is 2.47 bits per heavy atom. The van der Waals surface area contributed by atoms with Crippen molar-refractivity contribution in [2.24, 2.45) is 5.73 Å². The molecule has 90 valence electrons. The molecule has 0 saturated heterocycles. The molecular formula is C11H14ClN5. The molecule has 0 fully saturated rings. The molecule has 5 nitrogen and oxygen atoms in total. The van der Waals surface area contributed by atoms with E-state index in [1.807, 2.05) is 38.1 Å². The van der Waals surface area contributed by atoms with Crippen LogP contribution >= 0.6 is 11.6 Å². The third kappa shape index (κ3) is 2.45. The van der Waals surface area contributed by atoms with Crippen molar-refractivity contribution >= 4 is 11.6 Å². The molecule has 6 heteroatoms. The Kier molecular flexibility index (Phi) is 3.40. The highest BCUT2D eigenvalue weighted by Crippen LogP contribution is 2.21. The number of tetrazole rings is 1. The minimum Gasteiger partial charge on any atom is -0.322 e. The van der Waals surface area contributed by atoms with E-state index in [0.29, 0.717) is 10.8 Å². The van der Waals surface area contributed by atoms with Crippen molar-refractivity contribution in [1.82, 2.24) is 20.2 Å². The third-order valence-electron chi connectivity index (χ3n) is 2.64. The summed E-state index contributed by atoms with van der Waals surface area (Å²) in [4.78, 5) is 0. The zero-order valence-electron chi connectivity index (χ0n) is 9.71. The summed E-state index contributed by atoms with van der Waals surface area (Å²) in [6, 6.07) is 7.45. The molecule has 1 aromatic heterocycles. The summed E-state index contributed by atoms with van der Waals surface area (Å²) in [5.41, 5.74) is 6.90. The van der Waals surface area contributed by atoms with Crippen LogP contribution in [0.5, 0.6) is 0 Å². The predicted molar refractivity (Wildman–Crippen MR) is 65.7 cm³/mol. The molecule has 0 saturated carbocycles. The van der Waals surface area contributed by atoms with Crippen LogP contribution in [-0.2, 0) is 0 Å². The lowest BCUT2D eigenvalue weighted by molar-refractivity contribution is 0.504. The van der Waals surface area contributed by atoms with E-state index in [4.69, 9.17) is 17.3 Å². The fraction of sp³-hybridized carbons (Fsp3) is 0.364. The molecule has 0 amide bonds. The van der Waals surface area contributed by atoms with Gasteiger partial charge in [-0.05, 0) is 42.0 Å². The molecule has 2 aromatic rings. The first kappa shape index (κ1) is 12.0. The molecule has 2 rings (SSSR count). The Bertz CT molecular complexity index is 491. The van der Waals surface area contributed by atoms with E-state index < -0.39 is 0 Å². The SMILES string of the molecule is CC(N)c1nnnn1C(C)c1ccc(Cl)cc1. The monoisotopic (exact) mass is 251 g/mol. The van der Waals surface area contributed by atoms with Crippen LogP contribution in [0.3, 0.4) is 0 Å². The summed E-state index contributed by atoms with van der Waals surface area (Å²) in [5, 5.41) is 12.3. The van der Waals surface area contributed by atoms with Crippen LogP contribution in [0.4, 0.5) is 0 Å². The molecule has 0 radical (unpaired) electrons. The van der Waals surface area contributed by atoms with E-state index in [2.05, 4.69) is 15.5 Å². The molecule has 1 heterocycles. The zero-order chi connectivity index (χ0) is 12.4. The molecule has 0 spiro atoms. The first-order valence-electron chi connectivity index (χ1n) is 5.38. The first-order valence-corrected chi connectivity index (χ1v) is 5.76. The smallest absolute Gasteiger partial charge is 0.168 e. The number of benzene rings is 1. The van der Waals surface area contributed by atoms with Gasteiger partial charge in [-0.25, -0.2) is 4.68 Å². The minimum absolute atomic E-state index is 0.0308. The number of rotatable bonds is 3. The molecule has 17 heavy (non-hydrogen) atoms. The highest BCUT2D eigenvalue weighted by atomic mass is 35.5. The molecule has 0 aliphatic rings. The lowest BCUT2D eigenvalue weighted by Gasteiger charge is -2.15. The van der Waals surface area contributed by atoms with Gasteiger partial charge in [0.2, 0.25) is 0 Å². The maximum absolute atomic E-state index is 5.86. The fourth-order valence-corrected chi connectivity index (χ4v) is 1.78. The van der Waals surface area contributed by atoms with E-state index >= 15 is 0 Å². The highest BCUT2D eigenvalue weighted by Gasteiger charge is 2.16. The quantitative estimate of drug-likeness (QED) is 0.905. The second-order valence-corrected chi connectivity index (χ2v) is 4.43. The first-order chi connectivity index (χ1) is 8.09. The van der Waals surface area contributed by atoms with Gasteiger partial charge < -0.3 is 5.73 Å². The van der Waals surface area contributed by atoms with Crippen molar-refractivity contribution in [2.75, 3.05) is 0 Å². The van der Waals surface area contributed by atoms with Gasteiger partial charge in [-0.3, -0.25) is 0 Å². The van der Waals surface area contributed by atoms with Crippen molar-refractivity contribution in [1.29, 1.82) is 0 Å². The van der Waals surface area contributed by atoms with E-state index in [1.165, 1.54) is 0 Å². The molecule has 1 aromatic carbocycles. The predicted octanol–water partition coefficient (Wildman–Crippen LogP) is 1.96. The van der Waals surface area contributed by atoms with Gasteiger partial charge in [0.1, 0.15) is 0 Å². The van der Waals surface area contributed by atoms with Crippen molar-refractivity contribution < 1.29 is 0 Å². The number of nitrogens with two attached hydrogens (primary N) is 1. The fourth-order valence-electron chi connectivity index (χ4n) is 1.66. The van der Waals surface area contributed by atoms with Crippen LogP contribution in [0.25, 0.3) is 0 Å². The summed E-state index contributed by atoms with van der Waals surface area (Å²) in [7, 11) is 0. The Balaban J connectivity index is 2.33. The second kappa shape index (κ2) is 4.81. The Morgan fingerprint density at radius 1 is 1.24 bits per heavy atom. The lowest BCUT2D eigenvalue weighted by Crippen LogP contribution is -2.18. The summed E-state index contributed by atoms with van der Waals surface area (Å²) in [6.45, 7) is 3.88. The topological polar surface area (TPSA) is 69.6 Å². The highest BCUT2D eigenvalue weighted by molar-refractivity contribution is 6.30. The maximum Gasteiger partial charge on any atom is 0.168 e. The molecular weight excluding hydrogens is 238 g/mol. The Hall–Kier alpha value is -1.46. The lowest BCUT2D eigenvalue weighted by atomic mass is 10.1. The Labute approximate surface area is 105 Å². The summed E-state index contributed by atoms with van der Waals surface area (Å²) >= 11 is 5.86. The van der Waals surface area contributed by atoms with Crippen LogP contribution < -0.4 is 5.73 Å². The van der Waals surface area contributed by atoms with Crippen LogP contribution in [0.15, 0.2) is 24.3 Å². The third-order valence-corrected chi connectivity index (χ3v) is 2.90. The standard InChI is InChI=1S/C11H14ClN5/c1-7(13)11-14-15-16-17(11)8(2)9-3-5-10(12)6-4-9/h3-8H,13H2,1-2H3. The van der Waals surface area contributed by atoms with Gasteiger partial charge in [0.05, 0.1) is 12.1 Å². The van der Waals surface area contributed by atoms with Gasteiger partial charge in [0.25, 0.3) is 0 Å². The van der Waals surface area contributed by atoms with Gasteiger partial charge in [-0.2, -0.15) is 0 Å². The zero-order valence-corrected chi connectivity index (χ0v) is 10.5. The van der Waals surface area contributed by atoms with Crippen molar-refractivity contribution in [3.05, 3.63) is 40.7 Å². The molecule has 2 unspecified atom stereocenters. The van der Waals surface area contributed by atoms with Gasteiger partial charge in [-0.1, -0.05) is 23.7 Å². The summed E-state index contributed by atoms with van der Waals surface area (Å²) < 4.78 is 1.73. The van der Waals surface area contributed by atoms with Crippen molar-refractivity contribution in [2.45, 2.75) is 25.9 Å².